The van der Waals surface area contributed by atoms with Crippen LogP contribution in [0.1, 0.15) is 13.3 Å². The van der Waals surface area contributed by atoms with E-state index in [0.717, 1.165) is 27.2 Å². The summed E-state index contributed by atoms with van der Waals surface area (Å²) in [5.74, 6) is 0.787. The molecule has 1 aliphatic carbocycles. The number of halogens is 1. The van der Waals surface area contributed by atoms with Crippen molar-refractivity contribution in [3.05, 3.63) is 28.7 Å². The maximum atomic E-state index is 12.0. The number of carbonyl (C=O) groups excluding carboxylic acids is 1. The summed E-state index contributed by atoms with van der Waals surface area (Å²) in [5, 5.41) is 3.78. The number of nitrogens with one attached hydrogen (secondary N) is 1. The summed E-state index contributed by atoms with van der Waals surface area (Å²) in [6, 6.07) is 8.27. The van der Waals surface area contributed by atoms with E-state index in [0.29, 0.717) is 5.92 Å². The molecule has 21 heavy (non-hydrogen) atoms. The number of hydrogen-bond donors (Lipinski definition) is 1. The van der Waals surface area contributed by atoms with Gasteiger partial charge in [-0.15, -0.1) is 11.8 Å². The number of nitrogens with zero attached hydrogens (tertiary/aromatic N) is 1. The predicted molar refractivity (Wildman–Crippen MR) is 92.9 cm³/mol. The lowest BCUT2D eigenvalue weighted by molar-refractivity contribution is -0.117. The van der Waals surface area contributed by atoms with Gasteiger partial charge < -0.3 is 5.32 Å². The van der Waals surface area contributed by atoms with Gasteiger partial charge in [0.15, 0.2) is 0 Å². The summed E-state index contributed by atoms with van der Waals surface area (Å²) in [6.45, 7) is 2.10. The number of amides is 1. The molecule has 1 fully saturated rings. The average molecular weight is 383 g/mol. The number of thioether (sulfide) groups is 1. The topological polar surface area (TPSA) is 42.0 Å². The fourth-order valence-corrected chi connectivity index (χ4v) is 4.04. The van der Waals surface area contributed by atoms with Gasteiger partial charge in [0.1, 0.15) is 10.7 Å². The second-order valence-corrected chi connectivity index (χ2v) is 7.66. The van der Waals surface area contributed by atoms with E-state index in [9.17, 15) is 4.79 Å². The molecule has 1 heterocycles. The van der Waals surface area contributed by atoms with Crippen molar-refractivity contribution < 1.29 is 4.79 Å². The summed E-state index contributed by atoms with van der Waals surface area (Å²) in [6.07, 6.45) is 3.05. The van der Waals surface area contributed by atoms with Crippen LogP contribution in [-0.4, -0.2) is 16.5 Å². The lowest BCUT2D eigenvalue weighted by Crippen LogP contribution is -2.13. The minimum absolute atomic E-state index is 0.108. The number of benzene rings is 1. The Labute approximate surface area is 140 Å². The molecule has 1 amide bonds. The van der Waals surface area contributed by atoms with Gasteiger partial charge in [-0.1, -0.05) is 19.1 Å². The van der Waals surface area contributed by atoms with Crippen LogP contribution < -0.4 is 5.32 Å². The minimum atomic E-state index is 0.108. The average Bonchev–Trinajstić information content (AvgIpc) is 3.13. The minimum Gasteiger partial charge on any atom is -0.315 e. The van der Waals surface area contributed by atoms with E-state index in [1.54, 1.807) is 11.8 Å². The Morgan fingerprint density at radius 2 is 2.10 bits per heavy atom. The monoisotopic (exact) mass is 382 g/mol. The molecular weight excluding hydrogens is 368 g/mol. The van der Waals surface area contributed by atoms with Gasteiger partial charge in [0.05, 0.1) is 4.47 Å². The highest BCUT2D eigenvalue weighted by Gasteiger charge is 2.39. The van der Waals surface area contributed by atoms with E-state index >= 15 is 0 Å². The maximum absolute atomic E-state index is 12.0. The third-order valence-corrected chi connectivity index (χ3v) is 6.22. The van der Waals surface area contributed by atoms with Crippen LogP contribution in [0.5, 0.6) is 0 Å². The van der Waals surface area contributed by atoms with Crippen LogP contribution in [-0.2, 0) is 4.79 Å². The van der Waals surface area contributed by atoms with Crippen molar-refractivity contribution in [2.24, 2.45) is 11.8 Å². The van der Waals surface area contributed by atoms with Gasteiger partial charge in [-0.25, -0.2) is 0 Å². The summed E-state index contributed by atoms with van der Waals surface area (Å²) in [5.41, 5.74) is 1.93. The van der Waals surface area contributed by atoms with E-state index in [1.807, 2.05) is 0 Å². The Kier molecular flexibility index (Phi) is 4.38. The normalized spacial score (nSPS) is 20.3. The van der Waals surface area contributed by atoms with E-state index in [2.05, 4.69) is 63.1 Å². The largest absolute Gasteiger partial charge is 0.315 e. The molecule has 2 aromatic rings. The molecule has 0 radical (unpaired) electrons. The second-order valence-electron chi connectivity index (χ2n) is 5.21. The number of rotatable bonds is 4. The molecule has 0 spiro atoms. The van der Waals surface area contributed by atoms with Crippen molar-refractivity contribution in [3.63, 3.8) is 0 Å². The van der Waals surface area contributed by atoms with Crippen molar-refractivity contribution in [2.75, 3.05) is 11.6 Å². The van der Waals surface area contributed by atoms with Crippen LogP contribution >= 0.6 is 39.2 Å². The molecule has 2 unspecified atom stereocenters. The van der Waals surface area contributed by atoms with Crippen molar-refractivity contribution in [1.29, 1.82) is 0 Å². The van der Waals surface area contributed by atoms with Gasteiger partial charge >= 0.3 is 0 Å². The molecule has 2 atom stereocenters. The van der Waals surface area contributed by atoms with Crippen molar-refractivity contribution in [1.82, 2.24) is 4.37 Å². The Balaban J connectivity index is 1.79. The molecule has 0 aliphatic heterocycles. The molecule has 3 rings (SSSR count). The number of carbonyl (C=O) groups is 1. The zero-order chi connectivity index (χ0) is 15.0. The fraction of sp³-hybridized carbons (Fsp3) is 0.333. The quantitative estimate of drug-likeness (QED) is 0.765. The highest BCUT2D eigenvalue weighted by molar-refractivity contribution is 9.10. The van der Waals surface area contributed by atoms with Crippen LogP contribution in [0.4, 0.5) is 5.00 Å². The predicted octanol–water partition coefficient (Wildman–Crippen LogP) is 4.89. The van der Waals surface area contributed by atoms with Gasteiger partial charge in [-0.3, -0.25) is 4.79 Å². The molecule has 110 valence electrons. The second kappa shape index (κ2) is 6.10. The van der Waals surface area contributed by atoms with Crippen LogP contribution in [0.2, 0.25) is 0 Å². The summed E-state index contributed by atoms with van der Waals surface area (Å²) < 4.78 is 5.33. The zero-order valence-electron chi connectivity index (χ0n) is 11.7. The summed E-state index contributed by atoms with van der Waals surface area (Å²) >= 11 is 6.60. The summed E-state index contributed by atoms with van der Waals surface area (Å²) in [4.78, 5) is 13.2. The standard InChI is InChI=1S/C15H15BrN2OS2/c1-8-7-11(8)14(19)17-15-12(16)13(18-21-15)9-3-5-10(20-2)6-4-9/h3-6,8,11H,7H2,1-2H3,(H,17,19). The van der Waals surface area contributed by atoms with Gasteiger partial charge in [0.25, 0.3) is 0 Å². The van der Waals surface area contributed by atoms with Crippen molar-refractivity contribution >= 4 is 50.1 Å². The lowest BCUT2D eigenvalue weighted by atomic mass is 10.1. The van der Waals surface area contributed by atoms with Gasteiger partial charge in [0.2, 0.25) is 5.91 Å². The molecule has 0 saturated heterocycles. The molecule has 3 nitrogen and oxygen atoms in total. The van der Waals surface area contributed by atoms with Crippen molar-refractivity contribution in [3.8, 4) is 11.3 Å². The first-order chi connectivity index (χ1) is 10.1. The highest BCUT2D eigenvalue weighted by Crippen LogP contribution is 2.41. The van der Waals surface area contributed by atoms with Crippen LogP contribution in [0, 0.1) is 11.8 Å². The lowest BCUT2D eigenvalue weighted by Gasteiger charge is -2.03. The molecule has 1 aromatic heterocycles. The fourth-order valence-electron chi connectivity index (χ4n) is 2.18. The van der Waals surface area contributed by atoms with E-state index in [1.165, 1.54) is 16.4 Å². The molecule has 6 heteroatoms. The highest BCUT2D eigenvalue weighted by atomic mass is 79.9. The third kappa shape index (κ3) is 3.17. The van der Waals surface area contributed by atoms with Crippen LogP contribution in [0.15, 0.2) is 33.6 Å². The molecular formula is C15H15BrN2OS2. The first kappa shape index (κ1) is 15.1. The molecule has 1 saturated carbocycles. The van der Waals surface area contributed by atoms with Gasteiger partial charge in [0, 0.05) is 16.4 Å². The van der Waals surface area contributed by atoms with Crippen LogP contribution in [0.25, 0.3) is 11.3 Å². The number of anilines is 1. The Morgan fingerprint density at radius 3 is 2.67 bits per heavy atom. The maximum Gasteiger partial charge on any atom is 0.228 e. The molecule has 0 bridgehead atoms. The van der Waals surface area contributed by atoms with Gasteiger partial charge in [-0.05, 0) is 58.2 Å². The van der Waals surface area contributed by atoms with E-state index < -0.39 is 0 Å². The van der Waals surface area contributed by atoms with E-state index in [4.69, 9.17) is 0 Å². The third-order valence-electron chi connectivity index (χ3n) is 3.68. The molecule has 1 aromatic carbocycles. The molecule has 1 aliphatic rings. The van der Waals surface area contributed by atoms with Gasteiger partial charge in [-0.2, -0.15) is 4.37 Å². The first-order valence-corrected chi connectivity index (χ1v) is 9.49. The molecule has 1 N–H and O–H groups in total. The summed E-state index contributed by atoms with van der Waals surface area (Å²) in [7, 11) is 0. The van der Waals surface area contributed by atoms with Crippen molar-refractivity contribution in [2.45, 2.75) is 18.2 Å². The smallest absolute Gasteiger partial charge is 0.228 e. The Bertz CT molecular complexity index is 669. The van der Waals surface area contributed by atoms with E-state index in [-0.39, 0.29) is 11.8 Å². The SMILES string of the molecule is CSc1ccc(-c2nsc(NC(=O)C3CC3C)c2Br)cc1. The van der Waals surface area contributed by atoms with Crippen LogP contribution in [0.3, 0.4) is 0 Å². The zero-order valence-corrected chi connectivity index (χ0v) is 14.9. The Hall–Kier alpha value is -0.850. The number of hydrogen-bond acceptors (Lipinski definition) is 4. The Morgan fingerprint density at radius 1 is 1.43 bits per heavy atom. The first-order valence-electron chi connectivity index (χ1n) is 6.70. The number of aromatic nitrogens is 1.